The summed E-state index contributed by atoms with van der Waals surface area (Å²) in [6.45, 7) is -0.152. The molecule has 0 aliphatic carbocycles. The highest BCUT2D eigenvalue weighted by atomic mass is 35.5. The van der Waals surface area contributed by atoms with E-state index in [1.54, 1.807) is 24.3 Å². The van der Waals surface area contributed by atoms with Gasteiger partial charge in [-0.15, -0.1) is 11.3 Å². The van der Waals surface area contributed by atoms with E-state index in [1.807, 2.05) is 24.3 Å². The van der Waals surface area contributed by atoms with Crippen molar-refractivity contribution in [2.45, 2.75) is 6.61 Å². The number of hydrogen-bond donors (Lipinski definition) is 1. The number of nitrogens with zero attached hydrogens (tertiary/aromatic N) is 2. The second kappa shape index (κ2) is 7.30. The van der Waals surface area contributed by atoms with Gasteiger partial charge >= 0.3 is 5.97 Å². The lowest BCUT2D eigenvalue weighted by atomic mass is 10.2. The van der Waals surface area contributed by atoms with Crippen molar-refractivity contribution in [3.8, 4) is 0 Å². The van der Waals surface area contributed by atoms with E-state index in [2.05, 4.69) is 15.0 Å². The molecule has 0 saturated heterocycles. The van der Waals surface area contributed by atoms with E-state index in [4.69, 9.17) is 16.3 Å². The van der Waals surface area contributed by atoms with Crippen LogP contribution in [0.15, 0.2) is 53.3 Å². The number of halogens is 1. The summed E-state index contributed by atoms with van der Waals surface area (Å²) >= 11 is 7.41. The van der Waals surface area contributed by atoms with Crippen molar-refractivity contribution in [3.63, 3.8) is 0 Å². The van der Waals surface area contributed by atoms with Gasteiger partial charge in [0.05, 0.1) is 21.1 Å². The van der Waals surface area contributed by atoms with Crippen LogP contribution in [0, 0.1) is 0 Å². The monoisotopic (exact) mass is 397 g/mol. The van der Waals surface area contributed by atoms with Gasteiger partial charge in [-0.25, -0.2) is 14.8 Å². The average molecular weight is 398 g/mol. The Morgan fingerprint density at radius 1 is 1.19 bits per heavy atom. The number of aromatic nitrogens is 3. The van der Waals surface area contributed by atoms with Gasteiger partial charge in [0.15, 0.2) is 0 Å². The largest absolute Gasteiger partial charge is 0.454 e. The number of H-pyrrole nitrogens is 1. The molecule has 2 heterocycles. The number of para-hydroxylation sites is 1. The molecule has 2 aromatic heterocycles. The fraction of sp³-hybridized carbons (Fsp3) is 0.0526. The molecule has 0 unspecified atom stereocenters. The highest BCUT2D eigenvalue weighted by molar-refractivity contribution is 7.19. The van der Waals surface area contributed by atoms with Crippen molar-refractivity contribution >= 4 is 56.1 Å². The minimum Gasteiger partial charge on any atom is -0.454 e. The average Bonchev–Trinajstić information content (AvgIpc) is 3.07. The first-order valence-corrected chi connectivity index (χ1v) is 9.17. The Kier molecular flexibility index (Phi) is 4.70. The van der Waals surface area contributed by atoms with Crippen molar-refractivity contribution in [3.05, 3.63) is 74.7 Å². The van der Waals surface area contributed by atoms with Gasteiger partial charge in [0.2, 0.25) is 0 Å². The van der Waals surface area contributed by atoms with E-state index in [0.717, 1.165) is 10.2 Å². The Bertz CT molecular complexity index is 1210. The second-order valence-corrected chi connectivity index (χ2v) is 7.13. The summed E-state index contributed by atoms with van der Waals surface area (Å²) in [4.78, 5) is 35.3. The van der Waals surface area contributed by atoms with Crippen LogP contribution >= 0.6 is 22.9 Å². The predicted molar refractivity (Wildman–Crippen MR) is 106 cm³/mol. The molecule has 0 aliphatic heterocycles. The van der Waals surface area contributed by atoms with Gasteiger partial charge in [-0.3, -0.25) is 4.79 Å². The Hall–Kier alpha value is -3.03. The van der Waals surface area contributed by atoms with Crippen LogP contribution in [0.2, 0.25) is 5.02 Å². The molecule has 0 aliphatic rings. The highest BCUT2D eigenvalue weighted by Gasteiger charge is 2.07. The van der Waals surface area contributed by atoms with Crippen LogP contribution in [0.25, 0.3) is 27.2 Å². The molecule has 0 fully saturated rings. The van der Waals surface area contributed by atoms with Crippen LogP contribution in [0.1, 0.15) is 10.8 Å². The third kappa shape index (κ3) is 3.89. The third-order valence-electron chi connectivity index (χ3n) is 3.74. The normalized spacial score (nSPS) is 11.4. The summed E-state index contributed by atoms with van der Waals surface area (Å²) in [6.07, 6.45) is 2.90. The second-order valence-electron chi connectivity index (χ2n) is 5.63. The molecule has 8 heteroatoms. The topological polar surface area (TPSA) is 84.9 Å². The maximum atomic E-state index is 12.1. The van der Waals surface area contributed by atoms with Crippen molar-refractivity contribution < 1.29 is 9.53 Å². The first-order valence-electron chi connectivity index (χ1n) is 7.97. The quantitative estimate of drug-likeness (QED) is 0.416. The Morgan fingerprint density at radius 2 is 2.04 bits per heavy atom. The Morgan fingerprint density at radius 3 is 2.89 bits per heavy atom. The number of hydrogen-bond acceptors (Lipinski definition) is 6. The molecule has 134 valence electrons. The van der Waals surface area contributed by atoms with Crippen LogP contribution in [-0.2, 0) is 16.1 Å². The molecule has 4 rings (SSSR count). The number of esters is 1. The molecule has 0 amide bonds. The SMILES string of the molecule is O=C(/C=C/c1nc2ccccc2s1)OCc1nc2cc(Cl)ccc2c(=O)[nH]1. The number of carbonyl (C=O) groups excluding carboxylic acids is 1. The maximum Gasteiger partial charge on any atom is 0.331 e. The molecule has 4 aromatic rings. The van der Waals surface area contributed by atoms with E-state index in [0.29, 0.717) is 20.9 Å². The summed E-state index contributed by atoms with van der Waals surface area (Å²) < 4.78 is 6.19. The van der Waals surface area contributed by atoms with Gasteiger partial charge in [0.1, 0.15) is 17.4 Å². The van der Waals surface area contributed by atoms with Gasteiger partial charge in [-0.1, -0.05) is 23.7 Å². The van der Waals surface area contributed by atoms with Crippen molar-refractivity contribution in [1.29, 1.82) is 0 Å². The number of benzene rings is 2. The molecule has 0 radical (unpaired) electrons. The van der Waals surface area contributed by atoms with Crippen LogP contribution in [0.3, 0.4) is 0 Å². The zero-order valence-electron chi connectivity index (χ0n) is 13.8. The number of ether oxygens (including phenoxy) is 1. The van der Waals surface area contributed by atoms with E-state index < -0.39 is 5.97 Å². The first-order chi connectivity index (χ1) is 13.1. The summed E-state index contributed by atoms with van der Waals surface area (Å²) in [6, 6.07) is 12.5. The third-order valence-corrected chi connectivity index (χ3v) is 4.98. The van der Waals surface area contributed by atoms with Crippen LogP contribution < -0.4 is 5.56 Å². The van der Waals surface area contributed by atoms with Gasteiger partial charge < -0.3 is 9.72 Å². The number of rotatable bonds is 4. The number of fused-ring (bicyclic) bond motifs is 2. The molecule has 0 bridgehead atoms. The van der Waals surface area contributed by atoms with E-state index in [-0.39, 0.29) is 18.0 Å². The zero-order chi connectivity index (χ0) is 18.8. The zero-order valence-corrected chi connectivity index (χ0v) is 15.4. The molecule has 6 nitrogen and oxygen atoms in total. The number of thiazole rings is 1. The van der Waals surface area contributed by atoms with E-state index >= 15 is 0 Å². The van der Waals surface area contributed by atoms with Crippen molar-refractivity contribution in [2.75, 3.05) is 0 Å². The minimum atomic E-state index is -0.553. The van der Waals surface area contributed by atoms with Gasteiger partial charge in [0.25, 0.3) is 5.56 Å². The number of carbonyl (C=O) groups is 1. The van der Waals surface area contributed by atoms with Crippen LogP contribution in [0.5, 0.6) is 0 Å². The summed E-state index contributed by atoms with van der Waals surface area (Å²) in [5, 5.41) is 1.60. The summed E-state index contributed by atoms with van der Waals surface area (Å²) in [5.74, 6) is -0.306. The van der Waals surface area contributed by atoms with Crippen molar-refractivity contribution in [2.24, 2.45) is 0 Å². The molecule has 2 aromatic carbocycles. The fourth-order valence-corrected chi connectivity index (χ4v) is 3.55. The fourth-order valence-electron chi connectivity index (χ4n) is 2.52. The van der Waals surface area contributed by atoms with Crippen LogP contribution in [-0.4, -0.2) is 20.9 Å². The summed E-state index contributed by atoms with van der Waals surface area (Å²) in [5.41, 5.74) is 1.02. The highest BCUT2D eigenvalue weighted by Crippen LogP contribution is 2.22. The van der Waals surface area contributed by atoms with Gasteiger partial charge in [0, 0.05) is 11.1 Å². The lowest BCUT2D eigenvalue weighted by molar-refractivity contribution is -0.139. The van der Waals surface area contributed by atoms with E-state index in [1.165, 1.54) is 17.4 Å². The maximum absolute atomic E-state index is 12.1. The standard InChI is InChI=1S/C19H12ClN3O3S/c20-11-5-6-12-14(9-11)21-16(23-19(12)25)10-26-18(24)8-7-17-22-13-3-1-2-4-15(13)27-17/h1-9H,10H2,(H,21,23,25)/b8-7+. The lowest BCUT2D eigenvalue weighted by Gasteiger charge is -2.03. The Balaban J connectivity index is 1.45. The lowest BCUT2D eigenvalue weighted by Crippen LogP contribution is -2.13. The summed E-state index contributed by atoms with van der Waals surface area (Å²) in [7, 11) is 0. The molecule has 1 N–H and O–H groups in total. The molecular formula is C19H12ClN3O3S. The number of aromatic amines is 1. The molecule has 0 atom stereocenters. The molecule has 27 heavy (non-hydrogen) atoms. The Labute approximate surface area is 162 Å². The van der Waals surface area contributed by atoms with Gasteiger partial charge in [-0.05, 0) is 36.4 Å². The smallest absolute Gasteiger partial charge is 0.331 e. The molecule has 0 spiro atoms. The number of nitrogens with one attached hydrogen (secondary N) is 1. The van der Waals surface area contributed by atoms with Crippen LogP contribution in [0.4, 0.5) is 0 Å². The molecular weight excluding hydrogens is 386 g/mol. The molecule has 0 saturated carbocycles. The van der Waals surface area contributed by atoms with E-state index in [9.17, 15) is 9.59 Å². The van der Waals surface area contributed by atoms with Crippen molar-refractivity contribution in [1.82, 2.24) is 15.0 Å². The minimum absolute atomic E-state index is 0.152. The van der Waals surface area contributed by atoms with Gasteiger partial charge in [-0.2, -0.15) is 0 Å². The first kappa shape index (κ1) is 17.4. The predicted octanol–water partition coefficient (Wildman–Crippen LogP) is 3.94.